The number of aryl methyl sites for hydroxylation is 2. The summed E-state index contributed by atoms with van der Waals surface area (Å²) in [7, 11) is 0. The summed E-state index contributed by atoms with van der Waals surface area (Å²) in [4.78, 5) is 43.1. The highest BCUT2D eigenvalue weighted by Crippen LogP contribution is 2.24. The minimum Gasteiger partial charge on any atom is -0.481 e. The normalized spacial score (nSPS) is 17.8. The topological polar surface area (TPSA) is 112 Å². The van der Waals surface area contributed by atoms with Gasteiger partial charge in [0.25, 0.3) is 0 Å². The van der Waals surface area contributed by atoms with Gasteiger partial charge in [0, 0.05) is 50.1 Å². The molecule has 2 aromatic rings. The predicted octanol–water partition coefficient (Wildman–Crippen LogP) is 3.13. The van der Waals surface area contributed by atoms with Gasteiger partial charge in [0.05, 0.1) is 6.42 Å². The van der Waals surface area contributed by atoms with Crippen molar-refractivity contribution in [2.45, 2.75) is 63.3 Å². The number of benzene rings is 1. The van der Waals surface area contributed by atoms with Crippen molar-refractivity contribution < 1.29 is 19.5 Å². The van der Waals surface area contributed by atoms with Crippen molar-refractivity contribution in [3.8, 4) is 0 Å². The first-order valence-corrected chi connectivity index (χ1v) is 12.5. The summed E-state index contributed by atoms with van der Waals surface area (Å²) in [6.07, 6.45) is 4.89. The maximum atomic E-state index is 12.7. The molecule has 0 bridgehead atoms. The summed E-state index contributed by atoms with van der Waals surface area (Å²) in [6, 6.07) is 13.4. The number of carboxylic acids is 1. The number of carboxylic acid groups (broad SMARTS) is 1. The maximum absolute atomic E-state index is 12.7. The van der Waals surface area contributed by atoms with Gasteiger partial charge in [-0.15, -0.1) is 0 Å². The molecule has 0 radical (unpaired) electrons. The van der Waals surface area contributed by atoms with Crippen LogP contribution in [-0.2, 0) is 27.2 Å². The smallest absolute Gasteiger partial charge is 0.303 e. The first kappa shape index (κ1) is 24.7. The molecule has 1 fully saturated rings. The average Bonchev–Trinajstić information content (AvgIpc) is 3.32. The number of carbonyl (C=O) groups excluding carboxylic acids is 2. The third-order valence-corrected chi connectivity index (χ3v) is 6.81. The van der Waals surface area contributed by atoms with Crippen LogP contribution in [0.4, 0.5) is 5.82 Å². The zero-order valence-corrected chi connectivity index (χ0v) is 20.0. The Bertz CT molecular complexity index is 1040. The number of hydrogen-bond donors (Lipinski definition) is 3. The maximum Gasteiger partial charge on any atom is 0.303 e. The van der Waals surface area contributed by atoms with Gasteiger partial charge in [0.1, 0.15) is 5.82 Å². The molecule has 1 saturated heterocycles. The van der Waals surface area contributed by atoms with Crippen LogP contribution >= 0.6 is 0 Å². The van der Waals surface area contributed by atoms with Crippen molar-refractivity contribution in [1.29, 1.82) is 0 Å². The fourth-order valence-corrected chi connectivity index (χ4v) is 4.95. The Morgan fingerprint density at radius 2 is 1.97 bits per heavy atom. The van der Waals surface area contributed by atoms with Crippen LogP contribution in [0.15, 0.2) is 42.5 Å². The third-order valence-electron chi connectivity index (χ3n) is 6.81. The highest BCUT2D eigenvalue weighted by atomic mass is 16.4. The number of anilines is 1. The zero-order chi connectivity index (χ0) is 24.6. The van der Waals surface area contributed by atoms with E-state index in [-0.39, 0.29) is 36.6 Å². The number of likely N-dealkylation sites (tertiary alicyclic amines) is 1. The van der Waals surface area contributed by atoms with E-state index in [0.29, 0.717) is 25.9 Å². The highest BCUT2D eigenvalue weighted by molar-refractivity contribution is 5.79. The van der Waals surface area contributed by atoms with Crippen molar-refractivity contribution >= 4 is 23.6 Å². The average molecular weight is 479 g/mol. The molecule has 3 N–H and O–H groups in total. The van der Waals surface area contributed by atoms with E-state index in [4.69, 9.17) is 4.98 Å². The van der Waals surface area contributed by atoms with E-state index in [2.05, 4.69) is 22.8 Å². The van der Waals surface area contributed by atoms with Crippen molar-refractivity contribution in [2.24, 2.45) is 0 Å². The number of nitrogens with zero attached hydrogens (tertiary/aromatic N) is 2. The quantitative estimate of drug-likeness (QED) is 0.484. The number of rotatable bonds is 10. The summed E-state index contributed by atoms with van der Waals surface area (Å²) in [5, 5.41) is 15.6. The van der Waals surface area contributed by atoms with Gasteiger partial charge >= 0.3 is 5.97 Å². The minimum absolute atomic E-state index is 0.0954. The molecule has 3 heterocycles. The van der Waals surface area contributed by atoms with E-state index in [1.165, 1.54) is 5.56 Å². The molecule has 2 aliphatic rings. The van der Waals surface area contributed by atoms with E-state index in [0.717, 1.165) is 49.3 Å². The van der Waals surface area contributed by atoms with Crippen molar-refractivity contribution in [2.75, 3.05) is 25.0 Å². The first-order chi connectivity index (χ1) is 17.0. The van der Waals surface area contributed by atoms with Crippen LogP contribution in [0.25, 0.3) is 0 Å². The number of hydrogen-bond acceptors (Lipinski definition) is 5. The molecule has 8 heteroatoms. The molecule has 8 nitrogen and oxygen atoms in total. The second-order valence-corrected chi connectivity index (χ2v) is 9.50. The zero-order valence-electron chi connectivity index (χ0n) is 20.0. The molecule has 0 saturated carbocycles. The molecule has 35 heavy (non-hydrogen) atoms. The number of amides is 2. The Labute approximate surface area is 206 Å². The van der Waals surface area contributed by atoms with E-state index in [9.17, 15) is 19.5 Å². The largest absolute Gasteiger partial charge is 0.481 e. The molecule has 0 aliphatic carbocycles. The number of nitrogens with one attached hydrogen (secondary N) is 2. The lowest BCUT2D eigenvalue weighted by molar-refractivity contribution is -0.137. The van der Waals surface area contributed by atoms with E-state index >= 15 is 0 Å². The molecule has 2 atom stereocenters. The van der Waals surface area contributed by atoms with Gasteiger partial charge < -0.3 is 20.6 Å². The van der Waals surface area contributed by atoms with Gasteiger partial charge in [-0.25, -0.2) is 4.98 Å². The number of aromatic nitrogens is 1. The van der Waals surface area contributed by atoms with Crippen molar-refractivity contribution in [1.82, 2.24) is 15.2 Å². The fourth-order valence-electron chi connectivity index (χ4n) is 4.95. The van der Waals surface area contributed by atoms with Gasteiger partial charge in [0.2, 0.25) is 11.8 Å². The lowest BCUT2D eigenvalue weighted by atomic mass is 9.92. The molecule has 186 valence electrons. The van der Waals surface area contributed by atoms with Gasteiger partial charge in [-0.05, 0) is 49.3 Å². The number of carbonyl (C=O) groups is 3. The molecule has 1 aromatic heterocycles. The van der Waals surface area contributed by atoms with Crippen LogP contribution in [0.3, 0.4) is 0 Å². The van der Waals surface area contributed by atoms with E-state index in [1.54, 1.807) is 0 Å². The Kier molecular flexibility index (Phi) is 8.34. The van der Waals surface area contributed by atoms with Crippen LogP contribution in [0, 0.1) is 0 Å². The van der Waals surface area contributed by atoms with Gasteiger partial charge in [-0.1, -0.05) is 36.4 Å². The summed E-state index contributed by atoms with van der Waals surface area (Å²) >= 11 is 0. The second kappa shape index (κ2) is 11.8. The Hall–Kier alpha value is -3.42. The molecule has 2 aliphatic heterocycles. The predicted molar refractivity (Wildman–Crippen MR) is 133 cm³/mol. The van der Waals surface area contributed by atoms with Crippen molar-refractivity contribution in [3.05, 3.63) is 59.3 Å². The second-order valence-electron chi connectivity index (χ2n) is 9.50. The minimum atomic E-state index is -0.925. The van der Waals surface area contributed by atoms with Gasteiger partial charge in [-0.3, -0.25) is 14.4 Å². The summed E-state index contributed by atoms with van der Waals surface area (Å²) < 4.78 is 0. The van der Waals surface area contributed by atoms with Crippen LogP contribution in [-0.4, -0.2) is 58.5 Å². The number of aliphatic carboxylic acids is 1. The molecule has 4 rings (SSSR count). The molecule has 1 aromatic carbocycles. The number of pyridine rings is 1. The standard InChI is InChI=1S/C27H34N4O4/c32-24(16-21(17-26(34)35)19-6-2-1-3-7-19)29-23-13-15-31(18-23)25(33)10-4-9-22-12-11-20-8-5-14-28-27(20)30-22/h1-3,6-7,11-12,21,23H,4-5,8-10,13-18H2,(H,28,30)(H,29,32)(H,34,35)/t21?,23-/m0/s1. The fraction of sp³-hybridized carbons (Fsp3) is 0.481. The summed E-state index contributed by atoms with van der Waals surface area (Å²) in [5.74, 6) is -0.389. The van der Waals surface area contributed by atoms with Crippen LogP contribution < -0.4 is 10.6 Å². The van der Waals surface area contributed by atoms with E-state index in [1.807, 2.05) is 35.2 Å². The summed E-state index contributed by atoms with van der Waals surface area (Å²) in [6.45, 7) is 2.09. The van der Waals surface area contributed by atoms with E-state index < -0.39 is 5.97 Å². The lowest BCUT2D eigenvalue weighted by Crippen LogP contribution is -2.39. The molecule has 0 spiro atoms. The molecule has 1 unspecified atom stereocenters. The third kappa shape index (κ3) is 7.04. The molecule has 2 amide bonds. The lowest BCUT2D eigenvalue weighted by Gasteiger charge is -2.19. The first-order valence-electron chi connectivity index (χ1n) is 12.5. The van der Waals surface area contributed by atoms with Gasteiger partial charge in [-0.2, -0.15) is 0 Å². The summed E-state index contributed by atoms with van der Waals surface area (Å²) in [5.41, 5.74) is 3.11. The van der Waals surface area contributed by atoms with Gasteiger partial charge in [0.15, 0.2) is 0 Å². The number of fused-ring (bicyclic) bond motifs is 1. The molecular weight excluding hydrogens is 444 g/mol. The Morgan fingerprint density at radius 1 is 1.14 bits per heavy atom. The van der Waals surface area contributed by atoms with Crippen LogP contribution in [0.5, 0.6) is 0 Å². The Morgan fingerprint density at radius 3 is 2.77 bits per heavy atom. The Balaban J connectivity index is 1.20. The van der Waals surface area contributed by atoms with Crippen molar-refractivity contribution in [3.63, 3.8) is 0 Å². The van der Waals surface area contributed by atoms with Crippen LogP contribution in [0.1, 0.15) is 61.3 Å². The SMILES string of the molecule is O=C(O)CC(CC(=O)N[C@H]1CCN(C(=O)CCCc2ccc3c(n2)NCCC3)C1)c1ccccc1. The molecular formula is C27H34N4O4. The highest BCUT2D eigenvalue weighted by Gasteiger charge is 2.28. The monoisotopic (exact) mass is 478 g/mol. The van der Waals surface area contributed by atoms with Crippen LogP contribution in [0.2, 0.25) is 0 Å².